The highest BCUT2D eigenvalue weighted by Gasteiger charge is 2.41. The van der Waals surface area contributed by atoms with Crippen LogP contribution in [-0.2, 0) is 4.74 Å². The lowest BCUT2D eigenvalue weighted by atomic mass is 9.81. The Kier molecular flexibility index (Phi) is 3.88. The van der Waals surface area contributed by atoms with Gasteiger partial charge in [0.2, 0.25) is 11.8 Å². The second-order valence-electron chi connectivity index (χ2n) is 6.81. The Labute approximate surface area is 129 Å². The van der Waals surface area contributed by atoms with Gasteiger partial charge in [0.15, 0.2) is 0 Å². The molecule has 0 spiro atoms. The van der Waals surface area contributed by atoms with Crippen LogP contribution in [0, 0.1) is 5.41 Å². The molecule has 3 atom stereocenters. The molecule has 21 heavy (non-hydrogen) atoms. The highest BCUT2D eigenvalue weighted by Crippen LogP contribution is 2.40. The third-order valence-electron chi connectivity index (χ3n) is 4.13. The van der Waals surface area contributed by atoms with Crippen LogP contribution in [0.1, 0.15) is 63.3 Å². The monoisotopic (exact) mass is 306 g/mol. The Morgan fingerprint density at radius 2 is 2.14 bits per heavy atom. The first-order valence-electron chi connectivity index (χ1n) is 7.44. The first-order chi connectivity index (χ1) is 9.97. The molecule has 0 aliphatic carbocycles. The van der Waals surface area contributed by atoms with E-state index in [1.54, 1.807) is 11.3 Å². The molecule has 0 N–H and O–H groups in total. The number of rotatable bonds is 3. The van der Waals surface area contributed by atoms with Crippen molar-refractivity contribution in [1.82, 2.24) is 10.2 Å². The Hall–Kier alpha value is -1.20. The van der Waals surface area contributed by atoms with Crippen LogP contribution in [0.15, 0.2) is 21.2 Å². The molecule has 2 aromatic heterocycles. The Balaban J connectivity index is 1.82. The number of aromatic nitrogens is 2. The van der Waals surface area contributed by atoms with Crippen molar-refractivity contribution in [2.75, 3.05) is 6.61 Å². The van der Waals surface area contributed by atoms with Crippen LogP contribution in [0.4, 0.5) is 0 Å². The quantitative estimate of drug-likeness (QED) is 0.852. The Morgan fingerprint density at radius 1 is 1.33 bits per heavy atom. The largest absolute Gasteiger partial charge is 0.424 e. The summed E-state index contributed by atoms with van der Waals surface area (Å²) in [5.41, 5.74) is 1.31. The van der Waals surface area contributed by atoms with Gasteiger partial charge in [0.1, 0.15) is 0 Å². The molecule has 0 amide bonds. The van der Waals surface area contributed by atoms with Crippen molar-refractivity contribution in [2.45, 2.75) is 52.1 Å². The third-order valence-corrected chi connectivity index (χ3v) is 4.83. The van der Waals surface area contributed by atoms with Crippen molar-refractivity contribution >= 4 is 11.3 Å². The van der Waals surface area contributed by atoms with Crippen molar-refractivity contribution in [3.8, 4) is 0 Å². The number of thiophene rings is 1. The van der Waals surface area contributed by atoms with Crippen LogP contribution in [0.5, 0.6) is 0 Å². The minimum atomic E-state index is 0.0781. The normalized spacial score (nSPS) is 24.4. The average Bonchev–Trinajstić information content (AvgIpc) is 3.16. The van der Waals surface area contributed by atoms with Crippen LogP contribution < -0.4 is 0 Å². The van der Waals surface area contributed by atoms with Gasteiger partial charge in [0.25, 0.3) is 0 Å². The molecule has 114 valence electrons. The van der Waals surface area contributed by atoms with Crippen LogP contribution in [0.2, 0.25) is 0 Å². The van der Waals surface area contributed by atoms with Gasteiger partial charge in [-0.25, -0.2) is 0 Å². The number of nitrogens with zero attached hydrogens (tertiary/aromatic N) is 2. The molecule has 1 aliphatic heterocycles. The maximum atomic E-state index is 5.98. The minimum Gasteiger partial charge on any atom is -0.424 e. The zero-order valence-corrected chi connectivity index (χ0v) is 13.8. The summed E-state index contributed by atoms with van der Waals surface area (Å²) >= 11 is 1.69. The minimum absolute atomic E-state index is 0.0781. The summed E-state index contributed by atoms with van der Waals surface area (Å²) in [5.74, 6) is 1.78. The fourth-order valence-corrected chi connectivity index (χ4v) is 3.69. The van der Waals surface area contributed by atoms with Gasteiger partial charge >= 0.3 is 0 Å². The Morgan fingerprint density at radius 3 is 2.81 bits per heavy atom. The molecule has 0 bridgehead atoms. The standard InChI is InChI=1S/C16H22N2O2S/c1-10(11-6-8-21-9-11)14-17-18-15(20-14)12-5-7-19-13(12)16(2,3)4/h6,8-10,12-13H,5,7H2,1-4H3/t10-,12-,13-/m0/s1. The molecule has 1 aliphatic rings. The molecular weight excluding hydrogens is 284 g/mol. The van der Waals surface area contributed by atoms with E-state index in [1.807, 2.05) is 0 Å². The van der Waals surface area contributed by atoms with Crippen molar-refractivity contribution < 1.29 is 9.15 Å². The van der Waals surface area contributed by atoms with Crippen molar-refractivity contribution in [2.24, 2.45) is 5.41 Å². The molecule has 3 rings (SSSR count). The fourth-order valence-electron chi connectivity index (χ4n) is 2.93. The van der Waals surface area contributed by atoms with Crippen molar-refractivity contribution in [3.63, 3.8) is 0 Å². The third kappa shape index (κ3) is 2.90. The van der Waals surface area contributed by atoms with Gasteiger partial charge in [-0.05, 0) is 41.1 Å². The van der Waals surface area contributed by atoms with Crippen molar-refractivity contribution in [3.05, 3.63) is 34.2 Å². The van der Waals surface area contributed by atoms with E-state index < -0.39 is 0 Å². The molecule has 0 saturated carbocycles. The van der Waals surface area contributed by atoms with E-state index in [9.17, 15) is 0 Å². The van der Waals surface area contributed by atoms with Crippen LogP contribution in [0.25, 0.3) is 0 Å². The van der Waals surface area contributed by atoms with Crippen LogP contribution >= 0.6 is 11.3 Å². The lowest BCUT2D eigenvalue weighted by molar-refractivity contribution is 0.0170. The molecular formula is C16H22N2O2S. The predicted molar refractivity (Wildman–Crippen MR) is 82.7 cm³/mol. The second-order valence-corrected chi connectivity index (χ2v) is 7.59. The molecule has 0 aromatic carbocycles. The molecule has 4 nitrogen and oxygen atoms in total. The highest BCUT2D eigenvalue weighted by atomic mass is 32.1. The first-order valence-corrected chi connectivity index (χ1v) is 8.38. The lowest BCUT2D eigenvalue weighted by Gasteiger charge is -2.29. The van der Waals surface area contributed by atoms with E-state index in [0.29, 0.717) is 5.89 Å². The topological polar surface area (TPSA) is 48.2 Å². The molecule has 1 fully saturated rings. The van der Waals surface area contributed by atoms with Crippen molar-refractivity contribution in [1.29, 1.82) is 0 Å². The SMILES string of the molecule is C[C@@H](c1ccsc1)c1nnc([C@H]2CCO[C@@H]2C(C)(C)C)o1. The smallest absolute Gasteiger partial charge is 0.223 e. The van der Waals surface area contributed by atoms with Gasteiger partial charge in [-0.15, -0.1) is 10.2 Å². The van der Waals surface area contributed by atoms with Gasteiger partial charge in [-0.2, -0.15) is 11.3 Å². The average molecular weight is 306 g/mol. The summed E-state index contributed by atoms with van der Waals surface area (Å²) in [6.07, 6.45) is 1.10. The van der Waals surface area contributed by atoms with Gasteiger partial charge in [-0.1, -0.05) is 20.8 Å². The highest BCUT2D eigenvalue weighted by molar-refractivity contribution is 7.08. The van der Waals surface area contributed by atoms with E-state index in [2.05, 4.69) is 54.7 Å². The lowest BCUT2D eigenvalue weighted by Crippen LogP contribution is -2.30. The van der Waals surface area contributed by atoms with E-state index in [1.165, 1.54) is 5.56 Å². The molecule has 2 aromatic rings. The summed E-state index contributed by atoms with van der Waals surface area (Å²) in [6, 6.07) is 2.11. The van der Waals surface area contributed by atoms with Gasteiger partial charge in [-0.3, -0.25) is 0 Å². The summed E-state index contributed by atoms with van der Waals surface area (Å²) in [4.78, 5) is 0. The molecule has 0 radical (unpaired) electrons. The Bertz CT molecular complexity index is 586. The van der Waals surface area contributed by atoms with E-state index >= 15 is 0 Å². The fraction of sp³-hybridized carbons (Fsp3) is 0.625. The van der Waals surface area contributed by atoms with E-state index in [0.717, 1.165) is 18.9 Å². The van der Waals surface area contributed by atoms with Gasteiger partial charge in [0, 0.05) is 6.61 Å². The summed E-state index contributed by atoms with van der Waals surface area (Å²) in [6.45, 7) is 9.46. The number of ether oxygens (including phenoxy) is 1. The zero-order chi connectivity index (χ0) is 15.0. The zero-order valence-electron chi connectivity index (χ0n) is 13.0. The second kappa shape index (κ2) is 5.54. The van der Waals surface area contributed by atoms with Gasteiger partial charge in [0.05, 0.1) is 17.9 Å². The molecule has 3 heterocycles. The molecule has 5 heteroatoms. The summed E-state index contributed by atoms with van der Waals surface area (Å²) in [7, 11) is 0. The number of hydrogen-bond acceptors (Lipinski definition) is 5. The predicted octanol–water partition coefficient (Wildman–Crippen LogP) is 4.20. The maximum absolute atomic E-state index is 5.98. The number of hydrogen-bond donors (Lipinski definition) is 0. The molecule has 1 saturated heterocycles. The van der Waals surface area contributed by atoms with E-state index in [-0.39, 0.29) is 23.4 Å². The summed E-state index contributed by atoms with van der Waals surface area (Å²) < 4.78 is 11.9. The summed E-state index contributed by atoms with van der Waals surface area (Å²) in [5, 5.41) is 12.8. The van der Waals surface area contributed by atoms with E-state index in [4.69, 9.17) is 9.15 Å². The first kappa shape index (κ1) is 14.7. The molecule has 0 unspecified atom stereocenters. The van der Waals surface area contributed by atoms with Gasteiger partial charge < -0.3 is 9.15 Å². The van der Waals surface area contributed by atoms with Crippen LogP contribution in [0.3, 0.4) is 0 Å². The maximum Gasteiger partial charge on any atom is 0.223 e. The van der Waals surface area contributed by atoms with Crippen LogP contribution in [-0.4, -0.2) is 22.9 Å².